The molecule has 136 valence electrons. The van der Waals surface area contributed by atoms with Crippen LogP contribution in [0, 0.1) is 0 Å². The van der Waals surface area contributed by atoms with Crippen LogP contribution in [0.5, 0.6) is 5.75 Å². The fourth-order valence-corrected chi connectivity index (χ4v) is 3.36. The minimum Gasteiger partial charge on any atom is -0.508 e. The van der Waals surface area contributed by atoms with Crippen LogP contribution < -0.4 is 0 Å². The summed E-state index contributed by atoms with van der Waals surface area (Å²) in [4.78, 5) is 4.09. The van der Waals surface area contributed by atoms with Crippen LogP contribution in [0.25, 0.3) is 22.4 Å². The second-order valence-corrected chi connectivity index (χ2v) is 13.2. The Morgan fingerprint density at radius 2 is 1.69 bits per heavy atom. The van der Waals surface area contributed by atoms with Crippen LogP contribution in [-0.4, -0.2) is 34.6 Å². The zero-order chi connectivity index (χ0) is 18.6. The monoisotopic (exact) mass is 367 g/mol. The molecule has 3 rings (SSSR count). The molecule has 6 heteroatoms. The molecule has 0 unspecified atom stereocenters. The van der Waals surface area contributed by atoms with Crippen molar-refractivity contribution in [2.24, 2.45) is 0 Å². The van der Waals surface area contributed by atoms with E-state index in [-0.39, 0.29) is 5.75 Å². The first kappa shape index (κ1) is 18.4. The van der Waals surface area contributed by atoms with Crippen molar-refractivity contribution < 1.29 is 9.84 Å². The molecule has 26 heavy (non-hydrogen) atoms. The van der Waals surface area contributed by atoms with E-state index in [0.717, 1.165) is 35.0 Å². The molecule has 0 saturated carbocycles. The van der Waals surface area contributed by atoms with E-state index in [2.05, 4.69) is 24.6 Å². The highest BCUT2D eigenvalue weighted by molar-refractivity contribution is 6.76. The van der Waals surface area contributed by atoms with Crippen LogP contribution in [0.4, 0.5) is 0 Å². The first-order chi connectivity index (χ1) is 12.4. The molecule has 0 aliphatic rings. The molecule has 3 aromatic rings. The normalized spacial score (nSPS) is 11.7. The van der Waals surface area contributed by atoms with Crippen molar-refractivity contribution in [3.8, 4) is 28.1 Å². The van der Waals surface area contributed by atoms with Crippen molar-refractivity contribution in [1.82, 2.24) is 14.8 Å². The van der Waals surface area contributed by atoms with Gasteiger partial charge in [0.05, 0.1) is 0 Å². The van der Waals surface area contributed by atoms with Crippen molar-refractivity contribution in [1.29, 1.82) is 0 Å². The molecule has 0 spiro atoms. The van der Waals surface area contributed by atoms with Crippen LogP contribution in [0.3, 0.4) is 0 Å². The SMILES string of the molecule is C[Si](C)(C)CCOCn1cc(-c2ccncc2)c(-c2ccc(O)cc2)n1. The van der Waals surface area contributed by atoms with Gasteiger partial charge < -0.3 is 9.84 Å². The summed E-state index contributed by atoms with van der Waals surface area (Å²) in [6.45, 7) is 8.22. The van der Waals surface area contributed by atoms with Gasteiger partial charge in [-0.15, -0.1) is 0 Å². The van der Waals surface area contributed by atoms with Crippen molar-refractivity contribution in [2.45, 2.75) is 32.4 Å². The highest BCUT2D eigenvalue weighted by atomic mass is 28.3. The average molecular weight is 368 g/mol. The van der Waals surface area contributed by atoms with Crippen molar-refractivity contribution in [3.63, 3.8) is 0 Å². The summed E-state index contributed by atoms with van der Waals surface area (Å²) in [7, 11) is -1.10. The number of aromatic hydroxyl groups is 1. The third-order valence-corrected chi connectivity index (χ3v) is 5.82. The number of benzene rings is 1. The first-order valence-corrected chi connectivity index (χ1v) is 12.5. The lowest BCUT2D eigenvalue weighted by Gasteiger charge is -2.15. The summed E-state index contributed by atoms with van der Waals surface area (Å²) in [6.07, 6.45) is 5.56. The zero-order valence-electron chi connectivity index (χ0n) is 15.5. The summed E-state index contributed by atoms with van der Waals surface area (Å²) in [5.74, 6) is 0.244. The summed E-state index contributed by atoms with van der Waals surface area (Å²) in [5, 5.41) is 14.3. The molecule has 0 saturated heterocycles. The van der Waals surface area contributed by atoms with E-state index >= 15 is 0 Å². The quantitative estimate of drug-likeness (QED) is 0.488. The van der Waals surface area contributed by atoms with E-state index in [9.17, 15) is 5.11 Å². The van der Waals surface area contributed by atoms with Gasteiger partial charge in [-0.05, 0) is 48.0 Å². The molecule has 1 aromatic carbocycles. The van der Waals surface area contributed by atoms with Gasteiger partial charge in [-0.25, -0.2) is 4.68 Å². The summed E-state index contributed by atoms with van der Waals surface area (Å²) in [5.41, 5.74) is 3.89. The van der Waals surface area contributed by atoms with E-state index in [1.54, 1.807) is 24.5 Å². The predicted molar refractivity (Wildman–Crippen MR) is 107 cm³/mol. The maximum absolute atomic E-state index is 9.55. The highest BCUT2D eigenvalue weighted by Gasteiger charge is 2.15. The second kappa shape index (κ2) is 7.84. The zero-order valence-corrected chi connectivity index (χ0v) is 16.5. The molecule has 0 aliphatic heterocycles. The van der Waals surface area contributed by atoms with E-state index in [1.165, 1.54) is 0 Å². The van der Waals surface area contributed by atoms with Gasteiger partial charge in [0.1, 0.15) is 18.2 Å². The second-order valence-electron chi connectivity index (χ2n) is 7.56. The number of pyridine rings is 1. The Morgan fingerprint density at radius 1 is 1.00 bits per heavy atom. The minimum absolute atomic E-state index is 0.244. The molecule has 5 nitrogen and oxygen atoms in total. The van der Waals surface area contributed by atoms with Gasteiger partial charge in [0.2, 0.25) is 0 Å². The fourth-order valence-electron chi connectivity index (χ4n) is 2.60. The topological polar surface area (TPSA) is 60.2 Å². The molecular weight excluding hydrogens is 342 g/mol. The highest BCUT2D eigenvalue weighted by Crippen LogP contribution is 2.31. The first-order valence-electron chi connectivity index (χ1n) is 8.77. The molecule has 1 N–H and O–H groups in total. The number of phenols is 1. The standard InChI is InChI=1S/C20H25N3O2Si/c1-26(2,3)13-12-25-15-23-14-19(16-8-10-21-11-9-16)20(22-23)17-4-6-18(24)7-5-17/h4-11,14,24H,12-13,15H2,1-3H3. The lowest BCUT2D eigenvalue weighted by Crippen LogP contribution is -2.22. The average Bonchev–Trinajstić information content (AvgIpc) is 3.04. The maximum atomic E-state index is 9.55. The smallest absolute Gasteiger partial charge is 0.139 e. The van der Waals surface area contributed by atoms with Gasteiger partial charge >= 0.3 is 0 Å². The van der Waals surface area contributed by atoms with E-state index in [1.807, 2.05) is 35.1 Å². The Balaban J connectivity index is 1.85. The van der Waals surface area contributed by atoms with Crippen LogP contribution in [-0.2, 0) is 11.5 Å². The van der Waals surface area contributed by atoms with Gasteiger partial charge in [0, 0.05) is 44.4 Å². The lowest BCUT2D eigenvalue weighted by molar-refractivity contribution is 0.0788. The Morgan fingerprint density at radius 3 is 2.35 bits per heavy atom. The Kier molecular flexibility index (Phi) is 5.54. The molecule has 0 amide bonds. The summed E-state index contributed by atoms with van der Waals surface area (Å²) < 4.78 is 7.67. The summed E-state index contributed by atoms with van der Waals surface area (Å²) in [6, 6.07) is 12.2. The van der Waals surface area contributed by atoms with E-state index in [4.69, 9.17) is 9.84 Å². The van der Waals surface area contributed by atoms with Crippen molar-refractivity contribution in [2.75, 3.05) is 6.61 Å². The largest absolute Gasteiger partial charge is 0.508 e. The number of hydrogen-bond donors (Lipinski definition) is 1. The predicted octanol–water partition coefficient (Wildman–Crippen LogP) is 4.63. The molecule has 2 aromatic heterocycles. The van der Waals surface area contributed by atoms with Gasteiger partial charge in [-0.2, -0.15) is 5.10 Å². The number of ether oxygens (including phenoxy) is 1. The number of aromatic nitrogens is 3. The lowest BCUT2D eigenvalue weighted by atomic mass is 10.0. The Hall–Kier alpha value is -2.44. The molecule has 2 heterocycles. The van der Waals surface area contributed by atoms with Crippen LogP contribution in [0.15, 0.2) is 55.0 Å². The third kappa shape index (κ3) is 4.80. The van der Waals surface area contributed by atoms with Crippen LogP contribution in [0.1, 0.15) is 0 Å². The number of nitrogens with zero attached hydrogens (tertiary/aromatic N) is 3. The van der Waals surface area contributed by atoms with Crippen molar-refractivity contribution in [3.05, 3.63) is 55.0 Å². The van der Waals surface area contributed by atoms with E-state index in [0.29, 0.717) is 6.73 Å². The maximum Gasteiger partial charge on any atom is 0.139 e. The molecular formula is C20H25N3O2Si. The van der Waals surface area contributed by atoms with Crippen LogP contribution >= 0.6 is 0 Å². The Bertz CT molecular complexity index is 840. The fraction of sp³-hybridized carbons (Fsp3) is 0.300. The van der Waals surface area contributed by atoms with Gasteiger partial charge in [0.15, 0.2) is 0 Å². The molecule has 0 bridgehead atoms. The molecule has 0 aliphatic carbocycles. The third-order valence-electron chi connectivity index (χ3n) is 4.11. The number of phenolic OH excluding ortho intramolecular Hbond substituents is 1. The molecule has 0 fully saturated rings. The number of rotatable bonds is 7. The Labute approximate surface area is 155 Å². The van der Waals surface area contributed by atoms with Gasteiger partial charge in [-0.1, -0.05) is 19.6 Å². The van der Waals surface area contributed by atoms with Gasteiger partial charge in [-0.3, -0.25) is 4.98 Å². The summed E-state index contributed by atoms with van der Waals surface area (Å²) >= 11 is 0. The number of hydrogen-bond acceptors (Lipinski definition) is 4. The minimum atomic E-state index is -1.10. The van der Waals surface area contributed by atoms with Crippen LogP contribution in [0.2, 0.25) is 25.7 Å². The van der Waals surface area contributed by atoms with Crippen molar-refractivity contribution >= 4 is 8.07 Å². The molecule has 0 radical (unpaired) electrons. The molecule has 0 atom stereocenters. The van der Waals surface area contributed by atoms with Gasteiger partial charge in [0.25, 0.3) is 0 Å². The van der Waals surface area contributed by atoms with E-state index < -0.39 is 8.07 Å².